The fraction of sp³-hybridized carbons (Fsp3) is 0.0667. The molecule has 0 unspecified atom stereocenters. The minimum absolute atomic E-state index is 0.0231. The molecule has 10 heteroatoms. The third-order valence-electron chi connectivity index (χ3n) is 2.82. The number of phenolic OH excluding ortho intramolecular Hbond substituents is 1. The van der Waals surface area contributed by atoms with Crippen LogP contribution in [0.15, 0.2) is 42.8 Å². The van der Waals surface area contributed by atoms with Crippen LogP contribution >= 0.6 is 71.0 Å². The first-order valence-corrected chi connectivity index (χ1v) is 9.69. The Hall–Kier alpha value is -0.800. The highest BCUT2D eigenvalue weighted by molar-refractivity contribution is 9.11. The zero-order chi connectivity index (χ0) is 18.6. The first kappa shape index (κ1) is 20.5. The van der Waals surface area contributed by atoms with Crippen molar-refractivity contribution in [1.29, 1.82) is 0 Å². The molecule has 132 valence electrons. The molecule has 0 heterocycles. The maximum Gasteiger partial charge on any atom is 0.277 e. The zero-order valence-electron chi connectivity index (χ0n) is 12.2. The monoisotopic (exact) mass is 572 g/mol. The van der Waals surface area contributed by atoms with Gasteiger partial charge in [0.15, 0.2) is 6.61 Å². The lowest BCUT2D eigenvalue weighted by molar-refractivity contribution is -0.123. The summed E-state index contributed by atoms with van der Waals surface area (Å²) in [7, 11) is 0. The van der Waals surface area contributed by atoms with E-state index in [1.54, 1.807) is 18.2 Å². The SMILES string of the molecule is O=C(COc1cc(Cl)ccc1Cl)N/N=C/c1c(Br)cc(Br)c(O)c1Br. The van der Waals surface area contributed by atoms with Gasteiger partial charge < -0.3 is 9.84 Å². The van der Waals surface area contributed by atoms with Gasteiger partial charge in [-0.1, -0.05) is 39.1 Å². The highest BCUT2D eigenvalue weighted by atomic mass is 79.9. The number of carbonyl (C=O) groups excluding carboxylic acids is 1. The summed E-state index contributed by atoms with van der Waals surface area (Å²) in [5.41, 5.74) is 2.87. The van der Waals surface area contributed by atoms with E-state index in [1.807, 2.05) is 0 Å². The Bertz CT molecular complexity index is 847. The second kappa shape index (κ2) is 9.23. The van der Waals surface area contributed by atoms with Gasteiger partial charge in [0.2, 0.25) is 0 Å². The average molecular weight is 576 g/mol. The lowest BCUT2D eigenvalue weighted by Crippen LogP contribution is -2.24. The molecule has 0 bridgehead atoms. The Kier molecular flexibility index (Phi) is 7.57. The molecular weight excluding hydrogens is 567 g/mol. The summed E-state index contributed by atoms with van der Waals surface area (Å²) in [5.74, 6) is -0.160. The quantitative estimate of drug-likeness (QED) is 0.365. The summed E-state index contributed by atoms with van der Waals surface area (Å²) in [5, 5.41) is 14.5. The normalized spacial score (nSPS) is 10.9. The molecule has 0 saturated heterocycles. The van der Waals surface area contributed by atoms with Crippen LogP contribution < -0.4 is 10.2 Å². The number of phenols is 1. The van der Waals surface area contributed by atoms with E-state index >= 15 is 0 Å². The van der Waals surface area contributed by atoms with Crippen LogP contribution in [0.2, 0.25) is 10.0 Å². The number of nitrogens with zero attached hydrogens (tertiary/aromatic N) is 1. The molecule has 0 fully saturated rings. The molecule has 0 spiro atoms. The van der Waals surface area contributed by atoms with E-state index in [4.69, 9.17) is 27.9 Å². The van der Waals surface area contributed by atoms with Gasteiger partial charge in [-0.25, -0.2) is 5.43 Å². The number of benzene rings is 2. The maximum absolute atomic E-state index is 11.8. The maximum atomic E-state index is 11.8. The molecule has 0 atom stereocenters. The highest BCUT2D eigenvalue weighted by Crippen LogP contribution is 2.38. The summed E-state index contributed by atoms with van der Waals surface area (Å²) in [6.07, 6.45) is 1.38. The standard InChI is InChI=1S/C15H9Br3Cl2N2O3/c16-9-4-10(17)15(24)14(18)8(9)5-21-22-13(23)6-25-12-3-7(19)1-2-11(12)20/h1-5,24H,6H2,(H,22,23)/b21-5+. The molecule has 2 N–H and O–H groups in total. The topological polar surface area (TPSA) is 70.9 Å². The summed E-state index contributed by atoms with van der Waals surface area (Å²) in [4.78, 5) is 11.8. The van der Waals surface area contributed by atoms with E-state index in [9.17, 15) is 9.90 Å². The number of hydrogen-bond acceptors (Lipinski definition) is 4. The first-order chi connectivity index (χ1) is 11.8. The molecule has 0 aliphatic carbocycles. The number of amides is 1. The van der Waals surface area contributed by atoms with Crippen LogP contribution in [0.25, 0.3) is 0 Å². The van der Waals surface area contributed by atoms with Gasteiger partial charge >= 0.3 is 0 Å². The fourth-order valence-electron chi connectivity index (χ4n) is 1.65. The van der Waals surface area contributed by atoms with Gasteiger partial charge in [-0.05, 0) is 50.1 Å². The second-order valence-corrected chi connectivity index (χ2v) is 7.92. The first-order valence-electron chi connectivity index (χ1n) is 6.55. The molecule has 1 amide bonds. The molecule has 0 saturated carbocycles. The lowest BCUT2D eigenvalue weighted by Gasteiger charge is -2.08. The van der Waals surface area contributed by atoms with E-state index in [0.717, 1.165) is 0 Å². The molecule has 2 aromatic rings. The Morgan fingerprint density at radius 3 is 2.68 bits per heavy atom. The predicted molar refractivity (Wildman–Crippen MR) is 109 cm³/mol. The Morgan fingerprint density at radius 1 is 1.24 bits per heavy atom. The van der Waals surface area contributed by atoms with Crippen LogP contribution in [0.4, 0.5) is 0 Å². The van der Waals surface area contributed by atoms with Gasteiger partial charge in [-0.3, -0.25) is 4.79 Å². The summed E-state index contributed by atoms with van der Waals surface area (Å²) in [6.45, 7) is -0.286. The minimum Gasteiger partial charge on any atom is -0.506 e. The summed E-state index contributed by atoms with van der Waals surface area (Å²) < 4.78 is 6.91. The van der Waals surface area contributed by atoms with Crippen LogP contribution in [0.1, 0.15) is 5.56 Å². The van der Waals surface area contributed by atoms with Gasteiger partial charge in [0, 0.05) is 21.1 Å². The van der Waals surface area contributed by atoms with Crippen molar-refractivity contribution < 1.29 is 14.6 Å². The third-order valence-corrected chi connectivity index (χ3v) is 5.43. The number of ether oxygens (including phenoxy) is 1. The number of rotatable bonds is 5. The van der Waals surface area contributed by atoms with Crippen molar-refractivity contribution >= 4 is 83.1 Å². The van der Waals surface area contributed by atoms with Crippen LogP contribution in [-0.4, -0.2) is 23.8 Å². The van der Waals surface area contributed by atoms with Crippen LogP contribution in [-0.2, 0) is 4.79 Å². The number of aromatic hydroxyl groups is 1. The van der Waals surface area contributed by atoms with Crippen molar-refractivity contribution in [2.24, 2.45) is 5.10 Å². The van der Waals surface area contributed by atoms with Crippen molar-refractivity contribution in [1.82, 2.24) is 5.43 Å². The third kappa shape index (κ3) is 5.59. The van der Waals surface area contributed by atoms with E-state index in [0.29, 0.717) is 34.8 Å². The van der Waals surface area contributed by atoms with Gasteiger partial charge in [0.25, 0.3) is 5.91 Å². The number of halogens is 5. The van der Waals surface area contributed by atoms with Crippen molar-refractivity contribution in [2.45, 2.75) is 0 Å². The van der Waals surface area contributed by atoms with Crippen molar-refractivity contribution in [3.8, 4) is 11.5 Å². The largest absolute Gasteiger partial charge is 0.506 e. The molecule has 25 heavy (non-hydrogen) atoms. The Balaban J connectivity index is 1.97. The zero-order valence-corrected chi connectivity index (χ0v) is 18.5. The number of hydrazone groups is 1. The molecule has 0 aliphatic heterocycles. The molecule has 0 radical (unpaired) electrons. The molecule has 5 nitrogen and oxygen atoms in total. The highest BCUT2D eigenvalue weighted by Gasteiger charge is 2.12. The molecule has 2 rings (SSSR count). The van der Waals surface area contributed by atoms with E-state index in [2.05, 4.69) is 58.3 Å². The van der Waals surface area contributed by atoms with Crippen LogP contribution in [0, 0.1) is 0 Å². The summed E-state index contributed by atoms with van der Waals surface area (Å²) >= 11 is 21.6. The average Bonchev–Trinajstić information content (AvgIpc) is 2.56. The number of carbonyl (C=O) groups is 1. The summed E-state index contributed by atoms with van der Waals surface area (Å²) in [6, 6.07) is 6.36. The van der Waals surface area contributed by atoms with Crippen LogP contribution in [0.3, 0.4) is 0 Å². The number of nitrogens with one attached hydrogen (secondary N) is 1. The van der Waals surface area contributed by atoms with Gasteiger partial charge in [-0.15, -0.1) is 0 Å². The number of hydrogen-bond donors (Lipinski definition) is 2. The van der Waals surface area contributed by atoms with Crippen molar-refractivity contribution in [2.75, 3.05) is 6.61 Å². The predicted octanol–water partition coefficient (Wildman–Crippen LogP) is 5.52. The van der Waals surface area contributed by atoms with E-state index in [-0.39, 0.29) is 12.4 Å². The van der Waals surface area contributed by atoms with Crippen molar-refractivity contribution in [3.63, 3.8) is 0 Å². The van der Waals surface area contributed by atoms with Gasteiger partial charge in [-0.2, -0.15) is 5.10 Å². The van der Waals surface area contributed by atoms with Crippen molar-refractivity contribution in [3.05, 3.63) is 53.3 Å². The molecule has 0 aliphatic rings. The fourth-order valence-corrected chi connectivity index (χ4v) is 4.30. The Morgan fingerprint density at radius 2 is 1.96 bits per heavy atom. The van der Waals surface area contributed by atoms with Gasteiger partial charge in [0.05, 0.1) is 20.2 Å². The van der Waals surface area contributed by atoms with E-state index in [1.165, 1.54) is 12.3 Å². The molecule has 0 aromatic heterocycles. The second-order valence-electron chi connectivity index (χ2n) is 4.57. The van der Waals surface area contributed by atoms with E-state index < -0.39 is 5.91 Å². The smallest absolute Gasteiger partial charge is 0.277 e. The van der Waals surface area contributed by atoms with Gasteiger partial charge in [0.1, 0.15) is 11.5 Å². The minimum atomic E-state index is -0.485. The Labute approximate surface area is 178 Å². The van der Waals surface area contributed by atoms with Crippen LogP contribution in [0.5, 0.6) is 11.5 Å². The molecule has 2 aromatic carbocycles. The lowest BCUT2D eigenvalue weighted by atomic mass is 10.2. The molecular formula is C15H9Br3Cl2N2O3.